The number of carboxylic acids is 1. The van der Waals surface area contributed by atoms with Gasteiger partial charge in [-0.3, -0.25) is 0 Å². The molecule has 0 aromatic heterocycles. The van der Waals surface area contributed by atoms with Crippen molar-refractivity contribution in [3.05, 3.63) is 28.0 Å². The van der Waals surface area contributed by atoms with Crippen molar-refractivity contribution < 1.29 is 22.7 Å². The van der Waals surface area contributed by atoms with E-state index in [1.165, 1.54) is 0 Å². The van der Waals surface area contributed by atoms with Gasteiger partial charge in [-0.2, -0.15) is 0 Å². The van der Waals surface area contributed by atoms with Crippen molar-refractivity contribution in [3.8, 4) is 0 Å². The van der Waals surface area contributed by atoms with Crippen LogP contribution in [0.1, 0.15) is 10.4 Å². The maximum atomic E-state index is 13.2. The third kappa shape index (κ3) is 2.67. The topological polar surface area (TPSA) is 71.4 Å². The number of carbonyl (C=O) groups is 1. The number of carboxylic acid groups (broad SMARTS) is 1. The highest BCUT2D eigenvalue weighted by Gasteiger charge is 2.21. The van der Waals surface area contributed by atoms with Gasteiger partial charge >= 0.3 is 5.97 Å². The van der Waals surface area contributed by atoms with Crippen LogP contribution in [0.15, 0.2) is 21.5 Å². The van der Waals surface area contributed by atoms with E-state index in [-0.39, 0.29) is 10.0 Å². The summed E-state index contributed by atoms with van der Waals surface area (Å²) in [6.45, 7) is 0. The van der Waals surface area contributed by atoms with Gasteiger partial charge in [0.25, 0.3) is 9.05 Å². The summed E-state index contributed by atoms with van der Waals surface area (Å²) in [6.07, 6.45) is 0. The molecule has 0 heterocycles. The van der Waals surface area contributed by atoms with Gasteiger partial charge in [0, 0.05) is 10.7 Å². The number of halogens is 3. The molecule has 0 atom stereocenters. The van der Waals surface area contributed by atoms with Gasteiger partial charge in [-0.15, -0.1) is 0 Å². The fourth-order valence-corrected chi connectivity index (χ4v) is 2.38. The Morgan fingerprint density at radius 2 is 2.00 bits per heavy atom. The van der Waals surface area contributed by atoms with Crippen molar-refractivity contribution in [2.45, 2.75) is 4.90 Å². The molecule has 1 rings (SSSR count). The van der Waals surface area contributed by atoms with E-state index < -0.39 is 25.7 Å². The van der Waals surface area contributed by atoms with E-state index in [4.69, 9.17) is 15.8 Å². The third-order valence-electron chi connectivity index (χ3n) is 1.50. The SMILES string of the molecule is O=C(O)c1cc(Br)c(F)c(S(=O)(=O)Cl)c1. The molecule has 1 aromatic rings. The molecule has 0 aliphatic rings. The van der Waals surface area contributed by atoms with Gasteiger partial charge in [0.2, 0.25) is 0 Å². The van der Waals surface area contributed by atoms with Gasteiger partial charge in [0.1, 0.15) is 4.90 Å². The summed E-state index contributed by atoms with van der Waals surface area (Å²) >= 11 is 2.70. The normalized spacial score (nSPS) is 11.4. The van der Waals surface area contributed by atoms with E-state index in [0.717, 1.165) is 6.07 Å². The fourth-order valence-electron chi connectivity index (χ4n) is 0.865. The minimum atomic E-state index is -4.31. The molecule has 0 fully saturated rings. The first-order chi connectivity index (χ1) is 6.73. The van der Waals surface area contributed by atoms with Gasteiger partial charge in [-0.1, -0.05) is 0 Å². The number of hydrogen-bond acceptors (Lipinski definition) is 3. The molecule has 1 N–H and O–H groups in total. The average Bonchev–Trinajstić information content (AvgIpc) is 2.06. The monoisotopic (exact) mass is 316 g/mol. The Morgan fingerprint density at radius 1 is 1.47 bits per heavy atom. The standard InChI is InChI=1S/C7H3BrClFO4S/c8-4-1-3(7(11)12)2-5(6(4)10)15(9,13)14/h1-2H,(H,11,12). The van der Waals surface area contributed by atoms with Crippen LogP contribution in [0.5, 0.6) is 0 Å². The molecule has 0 saturated heterocycles. The lowest BCUT2D eigenvalue weighted by molar-refractivity contribution is 0.0696. The summed E-state index contributed by atoms with van der Waals surface area (Å²) in [5.41, 5.74) is -0.373. The highest BCUT2D eigenvalue weighted by Crippen LogP contribution is 2.27. The second-order valence-electron chi connectivity index (χ2n) is 2.51. The van der Waals surface area contributed by atoms with Crippen molar-refractivity contribution in [2.24, 2.45) is 0 Å². The van der Waals surface area contributed by atoms with E-state index in [1.54, 1.807) is 0 Å². The second kappa shape index (κ2) is 4.07. The molecule has 8 heteroatoms. The molecule has 1 aromatic carbocycles. The molecule has 82 valence electrons. The smallest absolute Gasteiger partial charge is 0.335 e. The van der Waals surface area contributed by atoms with Crippen molar-refractivity contribution in [1.29, 1.82) is 0 Å². The van der Waals surface area contributed by atoms with Crippen molar-refractivity contribution in [3.63, 3.8) is 0 Å². The lowest BCUT2D eigenvalue weighted by Gasteiger charge is -2.03. The Labute approximate surface area is 97.2 Å². The maximum absolute atomic E-state index is 13.2. The first kappa shape index (κ1) is 12.4. The molecule has 0 aliphatic carbocycles. The quantitative estimate of drug-likeness (QED) is 0.849. The molecule has 15 heavy (non-hydrogen) atoms. The van der Waals surface area contributed by atoms with E-state index in [1.807, 2.05) is 0 Å². The zero-order valence-corrected chi connectivity index (χ0v) is 10.0. The van der Waals surface area contributed by atoms with Crippen molar-refractivity contribution in [2.75, 3.05) is 0 Å². The Bertz CT molecular complexity index is 528. The molecular weight excluding hydrogens is 314 g/mol. The van der Waals surface area contributed by atoms with Gasteiger partial charge in [0.05, 0.1) is 10.0 Å². The first-order valence-corrected chi connectivity index (χ1v) is 6.50. The molecule has 0 saturated carbocycles. The molecule has 0 spiro atoms. The zero-order chi connectivity index (χ0) is 11.8. The summed E-state index contributed by atoms with van der Waals surface area (Å²) in [7, 11) is 0.623. The van der Waals surface area contributed by atoms with E-state index in [9.17, 15) is 17.6 Å². The number of benzene rings is 1. The van der Waals surface area contributed by atoms with E-state index in [2.05, 4.69) is 15.9 Å². The largest absolute Gasteiger partial charge is 0.478 e. The summed E-state index contributed by atoms with van der Waals surface area (Å²) in [6, 6.07) is 1.61. The summed E-state index contributed by atoms with van der Waals surface area (Å²) in [5, 5.41) is 8.61. The van der Waals surface area contributed by atoms with Crippen molar-refractivity contribution >= 4 is 41.6 Å². The van der Waals surface area contributed by atoms with Gasteiger partial charge in [-0.25, -0.2) is 17.6 Å². The van der Waals surface area contributed by atoms with Crippen LogP contribution in [-0.2, 0) is 9.05 Å². The fraction of sp³-hybridized carbons (Fsp3) is 0. The van der Waals surface area contributed by atoms with Crippen LogP contribution < -0.4 is 0 Å². The van der Waals surface area contributed by atoms with Crippen LogP contribution >= 0.6 is 26.6 Å². The predicted octanol–water partition coefficient (Wildman–Crippen LogP) is 2.21. The molecule has 0 bridgehead atoms. The summed E-state index contributed by atoms with van der Waals surface area (Å²) in [5.74, 6) is -2.49. The summed E-state index contributed by atoms with van der Waals surface area (Å²) in [4.78, 5) is 9.70. The minimum Gasteiger partial charge on any atom is -0.478 e. The maximum Gasteiger partial charge on any atom is 0.335 e. The lowest BCUT2D eigenvalue weighted by atomic mass is 10.2. The summed E-state index contributed by atoms with van der Waals surface area (Å²) < 4.78 is 34.7. The molecule has 0 radical (unpaired) electrons. The predicted molar refractivity (Wildman–Crippen MR) is 54.1 cm³/mol. The first-order valence-electron chi connectivity index (χ1n) is 3.40. The molecule has 0 unspecified atom stereocenters. The van der Waals surface area contributed by atoms with Crippen molar-refractivity contribution in [1.82, 2.24) is 0 Å². The molecular formula is C7H3BrClFO4S. The van der Waals surface area contributed by atoms with Crippen LogP contribution in [0.2, 0.25) is 0 Å². The third-order valence-corrected chi connectivity index (χ3v) is 3.40. The van der Waals surface area contributed by atoms with Crippen LogP contribution in [0.3, 0.4) is 0 Å². The van der Waals surface area contributed by atoms with E-state index >= 15 is 0 Å². The van der Waals surface area contributed by atoms with Crippen LogP contribution in [0, 0.1) is 5.82 Å². The Morgan fingerprint density at radius 3 is 2.40 bits per heavy atom. The molecule has 0 aliphatic heterocycles. The average molecular weight is 318 g/mol. The van der Waals surface area contributed by atoms with Crippen LogP contribution in [0.4, 0.5) is 4.39 Å². The van der Waals surface area contributed by atoms with Gasteiger partial charge < -0.3 is 5.11 Å². The Hall–Kier alpha value is -0.660. The molecule has 4 nitrogen and oxygen atoms in total. The Balaban J connectivity index is 3.59. The number of aromatic carboxylic acids is 1. The minimum absolute atomic E-state index is 0.276. The number of hydrogen-bond donors (Lipinski definition) is 1. The van der Waals surface area contributed by atoms with E-state index in [0.29, 0.717) is 6.07 Å². The highest BCUT2D eigenvalue weighted by atomic mass is 79.9. The van der Waals surface area contributed by atoms with Crippen LogP contribution in [0.25, 0.3) is 0 Å². The van der Waals surface area contributed by atoms with Crippen LogP contribution in [-0.4, -0.2) is 19.5 Å². The zero-order valence-electron chi connectivity index (χ0n) is 6.87. The second-order valence-corrected chi connectivity index (χ2v) is 5.90. The lowest BCUT2D eigenvalue weighted by Crippen LogP contribution is -2.03. The van der Waals surface area contributed by atoms with Gasteiger partial charge in [0.15, 0.2) is 5.82 Å². The number of rotatable bonds is 2. The Kier molecular flexibility index (Phi) is 3.37. The van der Waals surface area contributed by atoms with Gasteiger partial charge in [-0.05, 0) is 28.1 Å². The molecule has 0 amide bonds. The highest BCUT2D eigenvalue weighted by molar-refractivity contribution is 9.10.